The highest BCUT2D eigenvalue weighted by atomic mass is 19.4. The van der Waals surface area contributed by atoms with E-state index < -0.39 is 18.2 Å². The molecule has 0 N–H and O–H groups in total. The van der Waals surface area contributed by atoms with Crippen molar-refractivity contribution in [2.75, 3.05) is 13.2 Å². The number of ether oxygens (including phenoxy) is 2. The minimum absolute atomic E-state index is 0.0225. The normalized spacial score (nSPS) is 13.3. The van der Waals surface area contributed by atoms with Gasteiger partial charge in [0.05, 0.1) is 6.61 Å². The molecule has 114 valence electrons. The van der Waals surface area contributed by atoms with Crippen LogP contribution in [0.2, 0.25) is 0 Å². The molecule has 0 aliphatic rings. The van der Waals surface area contributed by atoms with Gasteiger partial charge in [0.2, 0.25) is 0 Å². The van der Waals surface area contributed by atoms with Gasteiger partial charge in [-0.25, -0.2) is 4.79 Å². The van der Waals surface area contributed by atoms with Crippen molar-refractivity contribution in [1.29, 1.82) is 0 Å². The molecule has 0 aliphatic carbocycles. The predicted octanol–water partition coefficient (Wildman–Crippen LogP) is 3.86. The molecular formula is C13H23F3O3. The number of esters is 1. The molecule has 0 bridgehead atoms. The van der Waals surface area contributed by atoms with Crippen molar-refractivity contribution in [2.24, 2.45) is 0 Å². The van der Waals surface area contributed by atoms with Gasteiger partial charge >= 0.3 is 12.1 Å². The Morgan fingerprint density at radius 2 is 1.63 bits per heavy atom. The zero-order valence-electron chi connectivity index (χ0n) is 11.6. The Kier molecular flexibility index (Phi) is 9.65. The maximum Gasteiger partial charge on any atom is 0.425 e. The average molecular weight is 284 g/mol. The largest absolute Gasteiger partial charge is 0.464 e. The van der Waals surface area contributed by atoms with Gasteiger partial charge in [-0.2, -0.15) is 13.2 Å². The van der Waals surface area contributed by atoms with Crippen LogP contribution < -0.4 is 0 Å². The summed E-state index contributed by atoms with van der Waals surface area (Å²) in [6, 6.07) is 0. The van der Waals surface area contributed by atoms with E-state index in [0.29, 0.717) is 12.8 Å². The first-order chi connectivity index (χ1) is 8.93. The third-order valence-electron chi connectivity index (χ3n) is 2.49. The fraction of sp³-hybridized carbons (Fsp3) is 0.923. The number of carbonyl (C=O) groups is 1. The second-order valence-electron chi connectivity index (χ2n) is 4.37. The molecule has 0 aliphatic heterocycles. The molecule has 6 heteroatoms. The van der Waals surface area contributed by atoms with Crippen LogP contribution in [-0.2, 0) is 14.3 Å². The minimum atomic E-state index is -4.71. The standard InChI is InChI=1S/C13H23F3O3/c1-3-5-6-7-8-10-18-11(13(14,15)16)12(17)19-9-4-2/h11H,3-10H2,1-2H3. The van der Waals surface area contributed by atoms with E-state index in [-0.39, 0.29) is 13.2 Å². The van der Waals surface area contributed by atoms with Crippen molar-refractivity contribution < 1.29 is 27.4 Å². The maximum atomic E-state index is 12.6. The van der Waals surface area contributed by atoms with Crippen LogP contribution in [0.4, 0.5) is 13.2 Å². The molecule has 1 atom stereocenters. The maximum absolute atomic E-state index is 12.6. The van der Waals surface area contributed by atoms with Crippen LogP contribution in [0.25, 0.3) is 0 Å². The van der Waals surface area contributed by atoms with E-state index >= 15 is 0 Å². The summed E-state index contributed by atoms with van der Waals surface area (Å²) in [7, 11) is 0. The zero-order valence-corrected chi connectivity index (χ0v) is 11.6. The van der Waals surface area contributed by atoms with Gasteiger partial charge < -0.3 is 9.47 Å². The van der Waals surface area contributed by atoms with Crippen molar-refractivity contribution in [3.05, 3.63) is 0 Å². The Balaban J connectivity index is 4.04. The molecule has 3 nitrogen and oxygen atoms in total. The molecule has 0 aromatic rings. The molecule has 0 aromatic carbocycles. The first-order valence-electron chi connectivity index (χ1n) is 6.78. The first-order valence-corrected chi connectivity index (χ1v) is 6.78. The van der Waals surface area contributed by atoms with E-state index in [9.17, 15) is 18.0 Å². The molecule has 0 amide bonds. The second kappa shape index (κ2) is 10.1. The number of hydrogen-bond donors (Lipinski definition) is 0. The van der Waals surface area contributed by atoms with Crippen LogP contribution in [0, 0.1) is 0 Å². The highest BCUT2D eigenvalue weighted by Gasteiger charge is 2.47. The summed E-state index contributed by atoms with van der Waals surface area (Å²) in [5.74, 6) is -1.34. The van der Waals surface area contributed by atoms with Gasteiger partial charge in [0.15, 0.2) is 0 Å². The third-order valence-corrected chi connectivity index (χ3v) is 2.49. The Bertz CT molecular complexity index is 242. The molecule has 0 saturated carbocycles. The van der Waals surface area contributed by atoms with E-state index in [4.69, 9.17) is 0 Å². The number of rotatable bonds is 10. The van der Waals surface area contributed by atoms with Crippen molar-refractivity contribution in [3.8, 4) is 0 Å². The van der Waals surface area contributed by atoms with Crippen LogP contribution in [0.3, 0.4) is 0 Å². The van der Waals surface area contributed by atoms with Gasteiger partial charge in [0.25, 0.3) is 6.10 Å². The van der Waals surface area contributed by atoms with E-state index in [2.05, 4.69) is 16.4 Å². The highest BCUT2D eigenvalue weighted by molar-refractivity contribution is 5.75. The van der Waals surface area contributed by atoms with Crippen LogP contribution in [0.5, 0.6) is 0 Å². The highest BCUT2D eigenvalue weighted by Crippen LogP contribution is 2.24. The summed E-state index contributed by atoms with van der Waals surface area (Å²) >= 11 is 0. The Morgan fingerprint density at radius 3 is 2.16 bits per heavy atom. The molecule has 0 radical (unpaired) electrons. The fourth-order valence-corrected chi connectivity index (χ4v) is 1.48. The number of hydrogen-bond acceptors (Lipinski definition) is 3. The monoisotopic (exact) mass is 284 g/mol. The SMILES string of the molecule is CCCCCCCOC(C(=O)OCCC)C(F)(F)F. The number of alkyl halides is 3. The van der Waals surface area contributed by atoms with E-state index in [1.807, 2.05) is 0 Å². The average Bonchev–Trinajstić information content (AvgIpc) is 2.33. The van der Waals surface area contributed by atoms with E-state index in [1.165, 1.54) is 0 Å². The van der Waals surface area contributed by atoms with Gasteiger partial charge in [-0.1, -0.05) is 39.5 Å². The van der Waals surface area contributed by atoms with Gasteiger partial charge in [-0.15, -0.1) is 0 Å². The van der Waals surface area contributed by atoms with Gasteiger partial charge in [0, 0.05) is 6.61 Å². The quantitative estimate of drug-likeness (QED) is 0.451. The number of halogens is 3. The van der Waals surface area contributed by atoms with Crippen molar-refractivity contribution >= 4 is 5.97 Å². The molecule has 0 rings (SSSR count). The molecule has 1 unspecified atom stereocenters. The topological polar surface area (TPSA) is 35.5 Å². The molecule has 0 aromatic heterocycles. The predicted molar refractivity (Wildman–Crippen MR) is 65.8 cm³/mol. The molecular weight excluding hydrogens is 261 g/mol. The Morgan fingerprint density at radius 1 is 1.00 bits per heavy atom. The third kappa shape index (κ3) is 8.86. The summed E-state index contributed by atoms with van der Waals surface area (Å²) < 4.78 is 46.9. The Hall–Kier alpha value is -0.780. The van der Waals surface area contributed by atoms with Gasteiger partial charge in [0.1, 0.15) is 0 Å². The lowest BCUT2D eigenvalue weighted by molar-refractivity contribution is -0.230. The first kappa shape index (κ1) is 18.2. The van der Waals surface area contributed by atoms with Gasteiger partial charge in [-0.3, -0.25) is 0 Å². The lowest BCUT2D eigenvalue weighted by atomic mass is 10.2. The van der Waals surface area contributed by atoms with Crippen molar-refractivity contribution in [3.63, 3.8) is 0 Å². The molecule has 0 fully saturated rings. The smallest absolute Gasteiger partial charge is 0.425 e. The van der Waals surface area contributed by atoms with Crippen LogP contribution in [0.15, 0.2) is 0 Å². The summed E-state index contributed by atoms with van der Waals surface area (Å²) in [5, 5.41) is 0. The lowest BCUT2D eigenvalue weighted by Gasteiger charge is -2.19. The number of unbranched alkanes of at least 4 members (excludes halogenated alkanes) is 4. The van der Waals surface area contributed by atoms with E-state index in [1.54, 1.807) is 6.92 Å². The van der Waals surface area contributed by atoms with Crippen LogP contribution in [-0.4, -0.2) is 31.5 Å². The number of carbonyl (C=O) groups excluding carboxylic acids is 1. The molecule has 0 spiro atoms. The summed E-state index contributed by atoms with van der Waals surface area (Å²) in [4.78, 5) is 11.2. The minimum Gasteiger partial charge on any atom is -0.464 e. The lowest BCUT2D eigenvalue weighted by Crippen LogP contribution is -2.40. The summed E-state index contributed by atoms with van der Waals surface area (Å²) in [6.07, 6.45) is -2.27. The van der Waals surface area contributed by atoms with Crippen LogP contribution >= 0.6 is 0 Å². The van der Waals surface area contributed by atoms with Crippen molar-refractivity contribution in [1.82, 2.24) is 0 Å². The second-order valence-corrected chi connectivity index (χ2v) is 4.37. The fourth-order valence-electron chi connectivity index (χ4n) is 1.48. The molecule has 19 heavy (non-hydrogen) atoms. The summed E-state index contributed by atoms with van der Waals surface area (Å²) in [5.41, 5.74) is 0. The van der Waals surface area contributed by atoms with Crippen LogP contribution in [0.1, 0.15) is 52.4 Å². The van der Waals surface area contributed by atoms with Crippen molar-refractivity contribution in [2.45, 2.75) is 64.7 Å². The Labute approximate surface area is 112 Å². The van der Waals surface area contributed by atoms with E-state index in [0.717, 1.165) is 25.7 Å². The molecule has 0 heterocycles. The molecule has 0 saturated heterocycles. The summed E-state index contributed by atoms with van der Waals surface area (Å²) in [6.45, 7) is 3.67. The van der Waals surface area contributed by atoms with Gasteiger partial charge in [-0.05, 0) is 12.8 Å². The zero-order chi connectivity index (χ0) is 14.7.